The molecule has 1 aliphatic heterocycles. The van der Waals surface area contributed by atoms with Gasteiger partial charge >= 0.3 is 6.09 Å². The van der Waals surface area contributed by atoms with Crippen molar-refractivity contribution in [1.82, 2.24) is 14.9 Å². The van der Waals surface area contributed by atoms with Gasteiger partial charge < -0.3 is 14.6 Å². The van der Waals surface area contributed by atoms with Crippen LogP contribution in [-0.2, 0) is 4.74 Å². The van der Waals surface area contributed by atoms with Crippen LogP contribution in [0.15, 0.2) is 54.7 Å². The Balaban J connectivity index is 1.51. The lowest BCUT2D eigenvalue weighted by Gasteiger charge is -2.28. The third kappa shape index (κ3) is 5.91. The molecular formula is C27H30ClN3O2Si. The highest BCUT2D eigenvalue weighted by molar-refractivity contribution is 6.78. The zero-order valence-electron chi connectivity index (χ0n) is 20.3. The van der Waals surface area contributed by atoms with Gasteiger partial charge in [-0.2, -0.15) is 0 Å². The third-order valence-corrected chi connectivity index (χ3v) is 8.59. The number of amides is 1. The minimum atomic E-state index is -1.56. The standard InChI is InChI=1S/C27H30ClN3O2Si/c1-27(2,3)33-26(32)31-18-34(4,5)17-24(31)25-29-16-23(30-25)21-12-8-19(9-13-21)6-7-20-10-14-22(28)15-11-20/h8-16,24H,17-18H2,1-5H3,(H,29,30)/t24-/m0/s1. The first-order valence-electron chi connectivity index (χ1n) is 11.4. The molecule has 176 valence electrons. The molecule has 0 unspecified atom stereocenters. The molecule has 0 radical (unpaired) electrons. The lowest BCUT2D eigenvalue weighted by molar-refractivity contribution is 0.0229. The second kappa shape index (κ2) is 9.32. The SMILES string of the molecule is CC(C)(C)OC(=O)N1C[Si](C)(C)C[C@H]1c1ncc(-c2ccc(C#Cc3ccc(Cl)cc3)cc2)[nH]1. The van der Waals surface area contributed by atoms with Crippen molar-refractivity contribution in [1.29, 1.82) is 0 Å². The Kier molecular flexibility index (Phi) is 6.61. The number of aromatic nitrogens is 2. The number of rotatable bonds is 2. The van der Waals surface area contributed by atoms with E-state index in [0.717, 1.165) is 40.4 Å². The molecule has 2 heterocycles. The Labute approximate surface area is 207 Å². The number of ether oxygens (including phenoxy) is 1. The molecule has 0 saturated carbocycles. The van der Waals surface area contributed by atoms with E-state index in [1.807, 2.05) is 80.4 Å². The first kappa shape index (κ1) is 24.1. The summed E-state index contributed by atoms with van der Waals surface area (Å²) in [4.78, 5) is 22.9. The predicted molar refractivity (Wildman–Crippen MR) is 139 cm³/mol. The van der Waals surface area contributed by atoms with Gasteiger partial charge in [0.1, 0.15) is 11.4 Å². The van der Waals surface area contributed by atoms with E-state index in [1.54, 1.807) is 0 Å². The summed E-state index contributed by atoms with van der Waals surface area (Å²) >= 11 is 5.93. The van der Waals surface area contributed by atoms with Gasteiger partial charge in [-0.3, -0.25) is 0 Å². The highest BCUT2D eigenvalue weighted by atomic mass is 35.5. The number of hydrogen-bond acceptors (Lipinski definition) is 3. The van der Waals surface area contributed by atoms with Crippen LogP contribution >= 0.6 is 11.6 Å². The average Bonchev–Trinajstić information content (AvgIpc) is 3.37. The first-order chi connectivity index (χ1) is 16.0. The molecule has 1 amide bonds. The fourth-order valence-electron chi connectivity index (χ4n) is 4.09. The number of carbonyl (C=O) groups excluding carboxylic acids is 1. The van der Waals surface area contributed by atoms with Crippen LogP contribution in [0.1, 0.15) is 43.8 Å². The number of nitrogens with zero attached hydrogens (tertiary/aromatic N) is 2. The first-order valence-corrected chi connectivity index (χ1v) is 15.2. The van der Waals surface area contributed by atoms with E-state index in [0.29, 0.717) is 5.02 Å². The van der Waals surface area contributed by atoms with Gasteiger partial charge in [-0.15, -0.1) is 0 Å². The van der Waals surface area contributed by atoms with Crippen molar-refractivity contribution in [3.8, 4) is 23.1 Å². The van der Waals surface area contributed by atoms with Crippen molar-refractivity contribution in [2.45, 2.75) is 51.6 Å². The molecular weight excluding hydrogens is 462 g/mol. The summed E-state index contributed by atoms with van der Waals surface area (Å²) in [5.41, 5.74) is 3.27. The number of benzene rings is 2. The van der Waals surface area contributed by atoms with E-state index in [-0.39, 0.29) is 12.1 Å². The van der Waals surface area contributed by atoms with Crippen LogP contribution < -0.4 is 0 Å². The lowest BCUT2D eigenvalue weighted by atomic mass is 10.1. The predicted octanol–water partition coefficient (Wildman–Crippen LogP) is 6.67. The molecule has 3 aromatic rings. The molecule has 7 heteroatoms. The van der Waals surface area contributed by atoms with Crippen LogP contribution in [0.4, 0.5) is 4.79 Å². The summed E-state index contributed by atoms with van der Waals surface area (Å²) in [5.74, 6) is 7.15. The van der Waals surface area contributed by atoms with Crippen molar-refractivity contribution in [2.75, 3.05) is 6.17 Å². The molecule has 0 bridgehead atoms. The molecule has 1 fully saturated rings. The van der Waals surface area contributed by atoms with Crippen LogP contribution in [0, 0.1) is 11.8 Å². The molecule has 2 aromatic carbocycles. The van der Waals surface area contributed by atoms with Gasteiger partial charge in [0.15, 0.2) is 0 Å². The van der Waals surface area contributed by atoms with Gasteiger partial charge in [-0.1, -0.05) is 48.7 Å². The minimum Gasteiger partial charge on any atom is -0.444 e. The lowest BCUT2D eigenvalue weighted by Crippen LogP contribution is -2.39. The molecule has 0 spiro atoms. The van der Waals surface area contributed by atoms with Gasteiger partial charge in [-0.05, 0) is 68.8 Å². The van der Waals surface area contributed by atoms with E-state index in [2.05, 4.69) is 34.9 Å². The molecule has 1 N–H and O–H groups in total. The normalized spacial score (nSPS) is 17.2. The fourth-order valence-corrected chi connectivity index (χ4v) is 7.08. The van der Waals surface area contributed by atoms with E-state index >= 15 is 0 Å². The van der Waals surface area contributed by atoms with Crippen LogP contribution in [-0.4, -0.2) is 40.8 Å². The topological polar surface area (TPSA) is 58.2 Å². The summed E-state index contributed by atoms with van der Waals surface area (Å²) in [6.45, 7) is 10.3. The average molecular weight is 492 g/mol. The number of halogens is 1. The maximum atomic E-state index is 12.9. The molecule has 5 nitrogen and oxygen atoms in total. The van der Waals surface area contributed by atoms with Crippen molar-refractivity contribution in [3.63, 3.8) is 0 Å². The van der Waals surface area contributed by atoms with Gasteiger partial charge in [0.05, 0.1) is 26.0 Å². The molecule has 34 heavy (non-hydrogen) atoms. The van der Waals surface area contributed by atoms with E-state index in [4.69, 9.17) is 16.3 Å². The number of aromatic amines is 1. The molecule has 1 atom stereocenters. The van der Waals surface area contributed by atoms with E-state index in [1.165, 1.54) is 0 Å². The Hall–Kier alpha value is -3.01. The van der Waals surface area contributed by atoms with Crippen molar-refractivity contribution < 1.29 is 9.53 Å². The molecule has 4 rings (SSSR count). The Morgan fingerprint density at radius 3 is 2.26 bits per heavy atom. The number of nitrogens with one attached hydrogen (secondary N) is 1. The van der Waals surface area contributed by atoms with Crippen LogP contribution in [0.2, 0.25) is 24.2 Å². The van der Waals surface area contributed by atoms with Crippen molar-refractivity contribution in [2.24, 2.45) is 0 Å². The monoisotopic (exact) mass is 491 g/mol. The van der Waals surface area contributed by atoms with Gasteiger partial charge in [0.25, 0.3) is 0 Å². The van der Waals surface area contributed by atoms with Gasteiger partial charge in [-0.25, -0.2) is 9.78 Å². The van der Waals surface area contributed by atoms with Crippen molar-refractivity contribution >= 4 is 25.8 Å². The smallest absolute Gasteiger partial charge is 0.410 e. The van der Waals surface area contributed by atoms with Crippen molar-refractivity contribution in [3.05, 3.63) is 76.7 Å². The van der Waals surface area contributed by atoms with E-state index in [9.17, 15) is 4.79 Å². The number of imidazole rings is 1. The molecule has 0 aliphatic carbocycles. The summed E-state index contributed by atoms with van der Waals surface area (Å²) in [6.07, 6.45) is 2.34. The van der Waals surface area contributed by atoms with E-state index < -0.39 is 13.7 Å². The Morgan fingerprint density at radius 2 is 1.68 bits per heavy atom. The number of hydrogen-bond donors (Lipinski definition) is 1. The zero-order valence-corrected chi connectivity index (χ0v) is 22.0. The highest BCUT2D eigenvalue weighted by Crippen LogP contribution is 2.38. The Morgan fingerprint density at radius 1 is 1.09 bits per heavy atom. The summed E-state index contributed by atoms with van der Waals surface area (Å²) in [7, 11) is -1.56. The maximum Gasteiger partial charge on any atom is 0.410 e. The summed E-state index contributed by atoms with van der Waals surface area (Å²) in [5, 5.41) is 0.701. The van der Waals surface area contributed by atoms with Crippen LogP contribution in [0.3, 0.4) is 0 Å². The molecule has 1 aliphatic rings. The Bertz CT molecular complexity index is 1230. The molecule has 1 saturated heterocycles. The fraction of sp³-hybridized carbons (Fsp3) is 0.333. The summed E-state index contributed by atoms with van der Waals surface area (Å²) < 4.78 is 5.68. The zero-order chi connectivity index (χ0) is 24.5. The summed E-state index contributed by atoms with van der Waals surface area (Å²) in [6, 6.07) is 16.4. The highest BCUT2D eigenvalue weighted by Gasteiger charge is 2.44. The minimum absolute atomic E-state index is 0.0882. The number of H-pyrrole nitrogens is 1. The van der Waals surface area contributed by atoms with Gasteiger partial charge in [0.2, 0.25) is 0 Å². The second-order valence-corrected chi connectivity index (χ2v) is 16.0. The quantitative estimate of drug-likeness (QED) is 0.321. The second-order valence-electron chi connectivity index (χ2n) is 10.5. The maximum absolute atomic E-state index is 12.9. The largest absolute Gasteiger partial charge is 0.444 e. The third-order valence-electron chi connectivity index (χ3n) is 5.65. The van der Waals surface area contributed by atoms with Crippen LogP contribution in [0.5, 0.6) is 0 Å². The van der Waals surface area contributed by atoms with Gasteiger partial charge in [0, 0.05) is 22.3 Å². The molecule has 1 aromatic heterocycles. The van der Waals surface area contributed by atoms with Crippen LogP contribution in [0.25, 0.3) is 11.3 Å². The number of carbonyl (C=O) groups is 1.